The first-order valence-electron chi connectivity index (χ1n) is 7.92. The van der Waals surface area contributed by atoms with Crippen molar-refractivity contribution in [2.75, 3.05) is 12.3 Å². The van der Waals surface area contributed by atoms with E-state index < -0.39 is 54.6 Å². The zero-order valence-corrected chi connectivity index (χ0v) is 17.6. The number of aliphatic hydroxyl groups is 2. The minimum Gasteiger partial charge on any atom is -0.387 e. The van der Waals surface area contributed by atoms with Crippen LogP contribution in [-0.4, -0.2) is 74.2 Å². The third-order valence-corrected chi connectivity index (χ3v) is 7.62. The molecule has 0 radical (unpaired) electrons. The number of nitrogens with zero attached hydrogens (tertiary/aromatic N) is 4. The summed E-state index contributed by atoms with van der Waals surface area (Å²) in [6.07, 6.45) is -3.69. The van der Waals surface area contributed by atoms with Gasteiger partial charge in [-0.25, -0.2) is 28.6 Å². The molecule has 3 rings (SSSR count). The van der Waals surface area contributed by atoms with Gasteiger partial charge >= 0.3 is 23.5 Å². The summed E-state index contributed by atoms with van der Waals surface area (Å²) in [5, 5.41) is 20.4. The first-order chi connectivity index (χ1) is 14.2. The summed E-state index contributed by atoms with van der Waals surface area (Å²) in [7, 11) is -16.7. The van der Waals surface area contributed by atoms with Gasteiger partial charge in [-0.15, -0.1) is 0 Å². The van der Waals surface area contributed by atoms with E-state index >= 15 is 0 Å². The van der Waals surface area contributed by atoms with Crippen LogP contribution in [0.1, 0.15) is 6.23 Å². The van der Waals surface area contributed by atoms with Crippen molar-refractivity contribution in [1.82, 2.24) is 19.5 Å². The fraction of sp³-hybridized carbons (Fsp3) is 0.500. The standard InChI is InChI=1S/C10H16N5O13P3/c11-8-5-9(13-2-12-8)15(3-14-5)10-7(17)6(16)4(26-10)1-25-30(21,22)28-31(23,24)27-29(18,19)20/h2-4,6-7,10,16-17H,1H2,(H,21,22)(H,23,24)(H2,11,12,13)(H2,18,19,20)/t4-,6-,7-,10-/m1/s1/i18+2,19+2,20+2,27+2. The minimum absolute atomic E-state index is 0.0426. The van der Waals surface area contributed by atoms with Crippen molar-refractivity contribution in [3.63, 3.8) is 0 Å². The molecule has 174 valence electrons. The first kappa shape index (κ1) is 24.3. The van der Waals surface area contributed by atoms with Crippen LogP contribution in [0.25, 0.3) is 11.2 Å². The average molecular weight is 515 g/mol. The molecule has 1 saturated heterocycles. The van der Waals surface area contributed by atoms with Gasteiger partial charge in [0.2, 0.25) is 0 Å². The third-order valence-electron chi connectivity index (χ3n) is 3.82. The number of hydrogen-bond acceptors (Lipinski definition) is 13. The lowest BCUT2D eigenvalue weighted by Crippen LogP contribution is -2.33. The molecular formula is C10H16N5O13P3. The molecule has 2 unspecified atom stereocenters. The van der Waals surface area contributed by atoms with Gasteiger partial charge < -0.3 is 40.3 Å². The molecule has 31 heavy (non-hydrogen) atoms. The molecule has 2 aromatic rings. The summed E-state index contributed by atoms with van der Waals surface area (Å²) in [5.41, 5.74) is 6.00. The minimum atomic E-state index is -5.70. The lowest BCUT2D eigenvalue weighted by atomic mass is 10.1. The number of phosphoric acid groups is 3. The van der Waals surface area contributed by atoms with E-state index in [-0.39, 0.29) is 17.0 Å². The van der Waals surface area contributed by atoms with Crippen LogP contribution in [-0.2, 0) is 31.6 Å². The zero-order chi connectivity index (χ0) is 23.2. The maximum Gasteiger partial charge on any atom is 0.490 e. The molecule has 1 fully saturated rings. The van der Waals surface area contributed by atoms with E-state index in [0.717, 1.165) is 6.33 Å². The van der Waals surface area contributed by atoms with Gasteiger partial charge in [0, 0.05) is 0 Å². The summed E-state index contributed by atoms with van der Waals surface area (Å²) in [6, 6.07) is 0. The van der Waals surface area contributed by atoms with Crippen molar-refractivity contribution in [1.29, 1.82) is 0 Å². The van der Waals surface area contributed by atoms with Crippen LogP contribution in [0.15, 0.2) is 12.7 Å². The molecule has 0 bridgehead atoms. The molecule has 0 saturated carbocycles. The average Bonchev–Trinajstić information content (AvgIpc) is 3.13. The largest absolute Gasteiger partial charge is 0.490 e. The molecule has 18 nitrogen and oxygen atoms in total. The number of ether oxygens (including phenoxy) is 1. The predicted octanol–water partition coefficient (Wildman–Crippen LogP) is -1.63. The van der Waals surface area contributed by atoms with Crippen molar-refractivity contribution >= 4 is 40.4 Å². The van der Waals surface area contributed by atoms with Crippen LogP contribution >= 0.6 is 23.5 Å². The van der Waals surface area contributed by atoms with Crippen molar-refractivity contribution < 1.29 is 61.4 Å². The highest BCUT2D eigenvalue weighted by Gasteiger charge is 2.47. The second-order valence-electron chi connectivity index (χ2n) is 6.02. The molecule has 1 aliphatic rings. The van der Waals surface area contributed by atoms with Gasteiger partial charge in [-0.3, -0.25) is 9.09 Å². The summed E-state index contributed by atoms with van der Waals surface area (Å²) in [5.74, 6) is 0.0426. The van der Waals surface area contributed by atoms with Crippen molar-refractivity contribution in [3.8, 4) is 0 Å². The van der Waals surface area contributed by atoms with Gasteiger partial charge in [0.1, 0.15) is 30.2 Å². The summed E-state index contributed by atoms with van der Waals surface area (Å²) in [4.78, 5) is 47.2. The van der Waals surface area contributed by atoms with E-state index in [2.05, 4.69) is 28.1 Å². The number of aliphatic hydroxyl groups excluding tert-OH is 2. The van der Waals surface area contributed by atoms with Crippen LogP contribution in [0.3, 0.4) is 0 Å². The van der Waals surface area contributed by atoms with E-state index in [0.29, 0.717) is 0 Å². The second kappa shape index (κ2) is 8.53. The number of aromatic nitrogens is 4. The zero-order valence-electron chi connectivity index (χ0n) is 14.9. The number of nitrogen functional groups attached to an aromatic ring is 1. The number of nitrogens with two attached hydrogens (primary N) is 1. The monoisotopic (exact) mass is 515 g/mol. The smallest absolute Gasteiger partial charge is 0.387 e. The molecule has 0 aliphatic carbocycles. The Morgan fingerprint density at radius 2 is 1.94 bits per heavy atom. The molecule has 8 N–H and O–H groups in total. The lowest BCUT2D eigenvalue weighted by molar-refractivity contribution is -0.0503. The first-order valence-corrected chi connectivity index (χ1v) is 12.4. The predicted molar refractivity (Wildman–Crippen MR) is 95.5 cm³/mol. The van der Waals surface area contributed by atoms with Crippen LogP contribution in [0.5, 0.6) is 0 Å². The van der Waals surface area contributed by atoms with Gasteiger partial charge in [0.15, 0.2) is 17.7 Å². The maximum absolute atomic E-state index is 11.8. The summed E-state index contributed by atoms with van der Waals surface area (Å²) < 4.78 is 51.9. The number of rotatable bonds is 8. The molecule has 0 spiro atoms. The van der Waals surface area contributed by atoms with E-state index in [9.17, 15) is 28.8 Å². The van der Waals surface area contributed by atoms with E-state index in [4.69, 9.17) is 25.2 Å². The van der Waals surface area contributed by atoms with Gasteiger partial charge in [-0.05, 0) is 0 Å². The number of phosphoric ester groups is 1. The van der Waals surface area contributed by atoms with Crippen LogP contribution in [0, 0.1) is 0 Å². The Morgan fingerprint density at radius 1 is 1.26 bits per heavy atom. The highest BCUT2D eigenvalue weighted by molar-refractivity contribution is 7.66. The summed E-state index contributed by atoms with van der Waals surface area (Å²) in [6.45, 7) is -0.956. The SMILES string of the molecule is Nc1ncnc2c1ncn2[C@@H]1O[C@H](COP(=O)(O)OP(=O)(O)[18O]P(=[18O])([18OH])[18OH])[C@@H](O)[C@H]1O. The number of fused-ring (bicyclic) bond motifs is 1. The topological polar surface area (TPSA) is 279 Å². The normalized spacial score (nSPS) is 28.5. The van der Waals surface area contributed by atoms with Crippen LogP contribution < -0.4 is 5.73 Å². The van der Waals surface area contributed by atoms with Crippen molar-refractivity contribution in [2.24, 2.45) is 0 Å². The quantitative estimate of drug-likeness (QED) is 0.153. The molecule has 0 aromatic carbocycles. The third kappa shape index (κ3) is 5.71. The lowest BCUT2D eigenvalue weighted by Gasteiger charge is -2.19. The molecule has 21 heteroatoms. The number of hydrogen-bond donors (Lipinski definition) is 7. The highest BCUT2D eigenvalue weighted by atomic mass is 31.3. The number of imidazole rings is 1. The number of anilines is 1. The molecule has 0 amide bonds. The van der Waals surface area contributed by atoms with Gasteiger partial charge in [0.05, 0.1) is 12.9 Å². The molecule has 2 aromatic heterocycles. The van der Waals surface area contributed by atoms with Crippen molar-refractivity contribution in [3.05, 3.63) is 12.7 Å². The molecule has 6 atom stereocenters. The highest BCUT2D eigenvalue weighted by Crippen LogP contribution is 2.66. The fourth-order valence-electron chi connectivity index (χ4n) is 2.62. The second-order valence-corrected chi connectivity index (χ2v) is 10.4. The fourth-order valence-corrected chi connectivity index (χ4v) is 5.65. The van der Waals surface area contributed by atoms with Crippen molar-refractivity contribution in [2.45, 2.75) is 24.5 Å². The molecule has 3 heterocycles. The Balaban J connectivity index is 1.69. The Hall–Kier alpha value is -1.36. The Kier molecular flexibility index (Phi) is 6.68. The maximum atomic E-state index is 11.8. The van der Waals surface area contributed by atoms with E-state index in [1.807, 2.05) is 0 Å². The van der Waals surface area contributed by atoms with Gasteiger partial charge in [0.25, 0.3) is 0 Å². The van der Waals surface area contributed by atoms with Crippen LogP contribution in [0.4, 0.5) is 5.82 Å². The van der Waals surface area contributed by atoms with E-state index in [1.54, 1.807) is 0 Å². The van der Waals surface area contributed by atoms with Gasteiger partial charge in [-0.2, -0.15) is 8.62 Å². The Morgan fingerprint density at radius 3 is 2.58 bits per heavy atom. The Bertz CT molecular complexity index is 1100. The molecule has 1 aliphatic heterocycles. The Labute approximate surface area is 171 Å². The van der Waals surface area contributed by atoms with Gasteiger partial charge in [-0.1, -0.05) is 0 Å². The summed E-state index contributed by atoms with van der Waals surface area (Å²) >= 11 is 0. The molecular weight excluding hydrogens is 499 g/mol. The van der Waals surface area contributed by atoms with Crippen LogP contribution in [0.2, 0.25) is 0 Å². The van der Waals surface area contributed by atoms with E-state index in [1.165, 1.54) is 10.9 Å².